The fraction of sp³-hybridized carbons (Fsp3) is 0.923. The number of fused-ring (bicyclic) bond motifs is 3. The molecule has 0 saturated carbocycles. The molecule has 7 nitrogen and oxygen atoms in total. The van der Waals surface area contributed by atoms with Gasteiger partial charge in [-0.3, -0.25) is 4.79 Å². The van der Waals surface area contributed by atoms with E-state index >= 15 is 0 Å². The Hall–Kier alpha value is -0.730. The predicted octanol–water partition coefficient (Wildman–Crippen LogP) is 0.556. The van der Waals surface area contributed by atoms with Crippen molar-refractivity contribution in [2.45, 2.75) is 70.0 Å². The zero-order chi connectivity index (χ0) is 14.5. The number of carbonyl (C=O) groups is 1. The molecular weight excluding hydrogens is 268 g/mol. The minimum atomic E-state index is -0.740. The fourth-order valence-corrected chi connectivity index (χ4v) is 2.96. The molecule has 7 heteroatoms. The van der Waals surface area contributed by atoms with Gasteiger partial charge in [-0.15, -0.1) is 0 Å². The molecule has 3 aliphatic heterocycles. The third kappa shape index (κ3) is 2.44. The summed E-state index contributed by atoms with van der Waals surface area (Å²) in [5.74, 6) is -1.47. The minimum Gasteiger partial charge on any atom is -0.465 e. The van der Waals surface area contributed by atoms with E-state index < -0.39 is 24.0 Å². The van der Waals surface area contributed by atoms with Gasteiger partial charge in [0.15, 0.2) is 17.9 Å². The maximum absolute atomic E-state index is 10.4. The van der Waals surface area contributed by atoms with Crippen molar-refractivity contribution in [1.82, 2.24) is 0 Å². The highest BCUT2D eigenvalue weighted by molar-refractivity contribution is 5.37. The molecule has 0 amide bonds. The van der Waals surface area contributed by atoms with Crippen LogP contribution in [0.4, 0.5) is 0 Å². The summed E-state index contributed by atoms with van der Waals surface area (Å²) in [7, 11) is 0. The molecule has 3 heterocycles. The van der Waals surface area contributed by atoms with Gasteiger partial charge >= 0.3 is 0 Å². The summed E-state index contributed by atoms with van der Waals surface area (Å²) in [6.45, 7) is 7.79. The molecule has 3 unspecified atom stereocenters. The Morgan fingerprint density at radius 1 is 0.950 bits per heavy atom. The van der Waals surface area contributed by atoms with Crippen molar-refractivity contribution in [3.05, 3.63) is 0 Å². The van der Waals surface area contributed by atoms with Crippen LogP contribution in [0.15, 0.2) is 0 Å². The average molecular weight is 288 g/mol. The third-order valence-electron chi connectivity index (χ3n) is 3.58. The first-order valence-corrected chi connectivity index (χ1v) is 6.73. The van der Waals surface area contributed by atoms with Gasteiger partial charge in [0, 0.05) is 0 Å². The van der Waals surface area contributed by atoms with Crippen LogP contribution in [-0.2, 0) is 33.2 Å². The Morgan fingerprint density at radius 2 is 1.55 bits per heavy atom. The number of carbonyl (C=O) groups excluding carboxylic acids is 1. The van der Waals surface area contributed by atoms with E-state index in [1.807, 2.05) is 27.7 Å². The lowest BCUT2D eigenvalue weighted by Gasteiger charge is -2.36. The molecule has 0 aromatic rings. The standard InChI is InChI=1S/C13H20O7/c1-12(2)17-8-7(5-15-6-14)16-11-10(9(8)18-12)19-13(3,4)20-11/h6-11H,5H2,1-4H3/t7?,8-,9-,10?,11?/m0/s1. The highest BCUT2D eigenvalue weighted by Gasteiger charge is 2.60. The monoisotopic (exact) mass is 288 g/mol. The first-order chi connectivity index (χ1) is 9.31. The lowest BCUT2D eigenvalue weighted by Crippen LogP contribution is -2.56. The van der Waals surface area contributed by atoms with Crippen molar-refractivity contribution < 1.29 is 33.2 Å². The molecule has 3 saturated heterocycles. The van der Waals surface area contributed by atoms with Crippen molar-refractivity contribution in [2.24, 2.45) is 0 Å². The van der Waals surface area contributed by atoms with E-state index in [4.69, 9.17) is 28.4 Å². The maximum atomic E-state index is 10.4. The molecule has 0 bridgehead atoms. The van der Waals surface area contributed by atoms with Crippen LogP contribution in [0.1, 0.15) is 27.7 Å². The van der Waals surface area contributed by atoms with Crippen molar-refractivity contribution >= 4 is 6.47 Å². The summed E-state index contributed by atoms with van der Waals surface area (Å²) in [6.07, 6.45) is -2.02. The van der Waals surface area contributed by atoms with Crippen LogP contribution in [0, 0.1) is 0 Å². The minimum absolute atomic E-state index is 0.0944. The molecule has 0 spiro atoms. The Bertz CT molecular complexity index is 394. The normalized spacial score (nSPS) is 44.7. The highest BCUT2D eigenvalue weighted by atomic mass is 16.9. The summed E-state index contributed by atoms with van der Waals surface area (Å²) in [4.78, 5) is 10.4. The van der Waals surface area contributed by atoms with Crippen LogP contribution >= 0.6 is 0 Å². The molecule has 3 aliphatic rings. The molecule has 20 heavy (non-hydrogen) atoms. The second-order valence-electron chi connectivity index (χ2n) is 6.14. The van der Waals surface area contributed by atoms with Gasteiger partial charge in [0.1, 0.15) is 31.0 Å². The summed E-state index contributed by atoms with van der Waals surface area (Å²) in [5, 5.41) is 0. The summed E-state index contributed by atoms with van der Waals surface area (Å²) in [6, 6.07) is 0. The first-order valence-electron chi connectivity index (χ1n) is 6.73. The van der Waals surface area contributed by atoms with Crippen LogP contribution in [0.2, 0.25) is 0 Å². The molecule has 5 atom stereocenters. The van der Waals surface area contributed by atoms with Crippen LogP contribution < -0.4 is 0 Å². The lowest BCUT2D eigenvalue weighted by atomic mass is 9.99. The van der Waals surface area contributed by atoms with Crippen molar-refractivity contribution in [3.63, 3.8) is 0 Å². The molecule has 0 radical (unpaired) electrons. The molecule has 0 aliphatic carbocycles. The first kappa shape index (κ1) is 14.2. The van der Waals surface area contributed by atoms with E-state index in [1.165, 1.54) is 0 Å². The van der Waals surface area contributed by atoms with Gasteiger partial charge in [0.25, 0.3) is 6.47 Å². The van der Waals surface area contributed by atoms with Crippen molar-refractivity contribution in [1.29, 1.82) is 0 Å². The van der Waals surface area contributed by atoms with Gasteiger partial charge in [0.05, 0.1) is 0 Å². The maximum Gasteiger partial charge on any atom is 0.293 e. The van der Waals surface area contributed by atoms with Gasteiger partial charge < -0.3 is 28.4 Å². The van der Waals surface area contributed by atoms with E-state index in [-0.39, 0.29) is 24.9 Å². The molecule has 0 aromatic heterocycles. The van der Waals surface area contributed by atoms with Crippen molar-refractivity contribution in [2.75, 3.05) is 6.61 Å². The summed E-state index contributed by atoms with van der Waals surface area (Å²) < 4.78 is 34.0. The smallest absolute Gasteiger partial charge is 0.293 e. The molecule has 0 N–H and O–H groups in total. The Morgan fingerprint density at radius 3 is 2.25 bits per heavy atom. The number of rotatable bonds is 3. The van der Waals surface area contributed by atoms with E-state index in [0.29, 0.717) is 6.47 Å². The number of hydrogen-bond donors (Lipinski definition) is 0. The van der Waals surface area contributed by atoms with Crippen LogP contribution in [-0.4, -0.2) is 55.4 Å². The Labute approximate surface area is 117 Å². The SMILES string of the molecule is CC1(C)OC2OC(COC=O)[C@@H]3OC(C)(C)O[C@@H]3C2O1. The van der Waals surface area contributed by atoms with Gasteiger partial charge in [-0.05, 0) is 27.7 Å². The molecular formula is C13H20O7. The zero-order valence-corrected chi connectivity index (χ0v) is 12.0. The van der Waals surface area contributed by atoms with Crippen LogP contribution in [0.5, 0.6) is 0 Å². The zero-order valence-electron chi connectivity index (χ0n) is 12.0. The second-order valence-corrected chi connectivity index (χ2v) is 6.14. The Balaban J connectivity index is 1.82. The second kappa shape index (κ2) is 4.64. The molecule has 0 aromatic carbocycles. The van der Waals surface area contributed by atoms with Gasteiger partial charge in [-0.1, -0.05) is 0 Å². The summed E-state index contributed by atoms with van der Waals surface area (Å²) in [5.41, 5.74) is 0. The third-order valence-corrected chi connectivity index (χ3v) is 3.58. The summed E-state index contributed by atoms with van der Waals surface area (Å²) >= 11 is 0. The van der Waals surface area contributed by atoms with Crippen molar-refractivity contribution in [3.8, 4) is 0 Å². The quantitative estimate of drug-likeness (QED) is 0.702. The van der Waals surface area contributed by atoms with Gasteiger partial charge in [-0.25, -0.2) is 0 Å². The van der Waals surface area contributed by atoms with E-state index in [0.717, 1.165) is 0 Å². The molecule has 3 fully saturated rings. The lowest BCUT2D eigenvalue weighted by molar-refractivity contribution is -0.241. The molecule has 114 valence electrons. The van der Waals surface area contributed by atoms with E-state index in [1.54, 1.807) is 0 Å². The van der Waals surface area contributed by atoms with Crippen LogP contribution in [0.3, 0.4) is 0 Å². The fourth-order valence-electron chi connectivity index (χ4n) is 2.96. The van der Waals surface area contributed by atoms with E-state index in [9.17, 15) is 4.79 Å². The Kier molecular flexibility index (Phi) is 3.30. The highest BCUT2D eigenvalue weighted by Crippen LogP contribution is 2.43. The predicted molar refractivity (Wildman–Crippen MR) is 64.5 cm³/mol. The number of ether oxygens (including phenoxy) is 6. The average Bonchev–Trinajstić information content (AvgIpc) is 2.80. The number of hydrogen-bond acceptors (Lipinski definition) is 7. The largest absolute Gasteiger partial charge is 0.465 e. The van der Waals surface area contributed by atoms with Gasteiger partial charge in [-0.2, -0.15) is 0 Å². The van der Waals surface area contributed by atoms with Crippen LogP contribution in [0.25, 0.3) is 0 Å². The topological polar surface area (TPSA) is 72.5 Å². The molecule has 3 rings (SSSR count). The van der Waals surface area contributed by atoms with Gasteiger partial charge in [0.2, 0.25) is 0 Å². The van der Waals surface area contributed by atoms with E-state index in [2.05, 4.69) is 0 Å².